The quantitative estimate of drug-likeness (QED) is 0.510. The van der Waals surface area contributed by atoms with Gasteiger partial charge in [-0.05, 0) is 47.5 Å². The highest BCUT2D eigenvalue weighted by molar-refractivity contribution is 7.89. The van der Waals surface area contributed by atoms with E-state index in [0.29, 0.717) is 21.2 Å². The molecule has 0 aliphatic heterocycles. The lowest BCUT2D eigenvalue weighted by molar-refractivity contribution is -0.121. The Morgan fingerprint density at radius 1 is 0.968 bits per heavy atom. The Kier molecular flexibility index (Phi) is 7.67. The highest BCUT2D eigenvalue weighted by Crippen LogP contribution is 2.21. The first-order valence-corrected chi connectivity index (χ1v) is 11.5. The largest absolute Gasteiger partial charge is 0.351 e. The molecule has 9 heteroatoms. The van der Waals surface area contributed by atoms with Crippen LogP contribution in [0.5, 0.6) is 0 Å². The average Bonchev–Trinajstić information content (AvgIpc) is 2.75. The van der Waals surface area contributed by atoms with Gasteiger partial charge in [-0.3, -0.25) is 4.79 Å². The third kappa shape index (κ3) is 6.27. The second-order valence-corrected chi connectivity index (χ2v) is 9.51. The van der Waals surface area contributed by atoms with Gasteiger partial charge in [0.15, 0.2) is 0 Å². The molecule has 0 fully saturated rings. The van der Waals surface area contributed by atoms with Crippen molar-refractivity contribution in [3.63, 3.8) is 0 Å². The molecule has 3 rings (SSSR count). The molecule has 0 aliphatic rings. The lowest BCUT2D eigenvalue weighted by Crippen LogP contribution is -2.40. The van der Waals surface area contributed by atoms with Gasteiger partial charge in [-0.25, -0.2) is 12.8 Å². The van der Waals surface area contributed by atoms with Crippen LogP contribution in [0, 0.1) is 5.82 Å². The molecule has 0 heterocycles. The van der Waals surface area contributed by atoms with Crippen LogP contribution < -0.4 is 5.32 Å². The Hall–Kier alpha value is -2.45. The van der Waals surface area contributed by atoms with Crippen molar-refractivity contribution in [1.82, 2.24) is 9.62 Å². The summed E-state index contributed by atoms with van der Waals surface area (Å²) in [6.07, 6.45) is 0. The van der Waals surface area contributed by atoms with Gasteiger partial charge in [-0.2, -0.15) is 4.31 Å². The molecule has 31 heavy (non-hydrogen) atoms. The minimum absolute atomic E-state index is 0.0608. The van der Waals surface area contributed by atoms with Crippen LogP contribution >= 0.6 is 23.2 Å². The van der Waals surface area contributed by atoms with Gasteiger partial charge in [-0.1, -0.05) is 59.6 Å². The fourth-order valence-corrected chi connectivity index (χ4v) is 4.72. The van der Waals surface area contributed by atoms with Gasteiger partial charge in [0.1, 0.15) is 5.82 Å². The van der Waals surface area contributed by atoms with E-state index in [-0.39, 0.29) is 18.0 Å². The molecule has 0 radical (unpaired) electrons. The molecule has 0 aliphatic carbocycles. The van der Waals surface area contributed by atoms with Crippen molar-refractivity contribution in [2.75, 3.05) is 6.54 Å². The SMILES string of the molecule is O=C(CN(Cc1ccc(F)cc1)S(=O)(=O)c1ccccc1)NCc1ccc(Cl)cc1Cl. The standard InChI is InChI=1S/C22H19Cl2FN2O3S/c23-18-9-8-17(21(24)12-18)13-26-22(28)15-27(14-16-6-10-19(25)11-7-16)31(29,30)20-4-2-1-3-5-20/h1-12H,13-15H2,(H,26,28). The summed E-state index contributed by atoms with van der Waals surface area (Å²) in [4.78, 5) is 12.6. The van der Waals surface area contributed by atoms with E-state index in [9.17, 15) is 17.6 Å². The van der Waals surface area contributed by atoms with Crippen LogP contribution in [0.15, 0.2) is 77.7 Å². The summed E-state index contributed by atoms with van der Waals surface area (Å²) in [7, 11) is -3.97. The summed E-state index contributed by atoms with van der Waals surface area (Å²) in [5.41, 5.74) is 1.20. The van der Waals surface area contributed by atoms with Gasteiger partial charge in [0.05, 0.1) is 11.4 Å². The van der Waals surface area contributed by atoms with E-state index >= 15 is 0 Å². The molecule has 0 spiro atoms. The van der Waals surface area contributed by atoms with E-state index in [4.69, 9.17) is 23.2 Å². The maximum Gasteiger partial charge on any atom is 0.243 e. The van der Waals surface area contributed by atoms with Crippen LogP contribution in [0.25, 0.3) is 0 Å². The zero-order chi connectivity index (χ0) is 22.4. The highest BCUT2D eigenvalue weighted by atomic mass is 35.5. The zero-order valence-corrected chi connectivity index (χ0v) is 18.6. The third-order valence-electron chi connectivity index (χ3n) is 4.46. The topological polar surface area (TPSA) is 66.5 Å². The fourth-order valence-electron chi connectivity index (χ4n) is 2.84. The number of sulfonamides is 1. The van der Waals surface area contributed by atoms with Crippen molar-refractivity contribution in [3.8, 4) is 0 Å². The molecule has 5 nitrogen and oxygen atoms in total. The zero-order valence-electron chi connectivity index (χ0n) is 16.3. The van der Waals surface area contributed by atoms with E-state index in [2.05, 4.69) is 5.32 Å². The molecular formula is C22H19Cl2FN2O3S. The monoisotopic (exact) mass is 480 g/mol. The van der Waals surface area contributed by atoms with E-state index in [1.54, 1.807) is 36.4 Å². The maximum atomic E-state index is 13.2. The van der Waals surface area contributed by atoms with Gasteiger partial charge in [0, 0.05) is 23.1 Å². The number of nitrogens with zero attached hydrogens (tertiary/aromatic N) is 1. The number of amides is 1. The van der Waals surface area contributed by atoms with Crippen molar-refractivity contribution in [3.05, 3.63) is 99.8 Å². The molecule has 0 saturated heterocycles. The van der Waals surface area contributed by atoms with Crippen molar-refractivity contribution in [2.24, 2.45) is 0 Å². The van der Waals surface area contributed by atoms with Crippen LogP contribution in [0.4, 0.5) is 4.39 Å². The normalized spacial score (nSPS) is 11.5. The van der Waals surface area contributed by atoms with Crippen molar-refractivity contribution >= 4 is 39.1 Å². The summed E-state index contributed by atoms with van der Waals surface area (Å²) in [6.45, 7) is -0.392. The summed E-state index contributed by atoms with van der Waals surface area (Å²) in [5.74, 6) is -0.938. The highest BCUT2D eigenvalue weighted by Gasteiger charge is 2.26. The molecule has 0 aromatic heterocycles. The van der Waals surface area contributed by atoms with Crippen molar-refractivity contribution in [2.45, 2.75) is 18.0 Å². The number of hydrogen-bond acceptors (Lipinski definition) is 3. The van der Waals surface area contributed by atoms with Crippen LogP contribution in [0.1, 0.15) is 11.1 Å². The number of rotatable bonds is 8. The molecule has 0 atom stereocenters. The molecule has 162 valence electrons. The Morgan fingerprint density at radius 2 is 1.65 bits per heavy atom. The Labute approximate surface area is 190 Å². The van der Waals surface area contributed by atoms with Crippen molar-refractivity contribution < 1.29 is 17.6 Å². The summed E-state index contributed by atoms with van der Waals surface area (Å²) >= 11 is 12.0. The second kappa shape index (κ2) is 10.2. The second-order valence-electron chi connectivity index (χ2n) is 6.73. The number of benzene rings is 3. The van der Waals surface area contributed by atoms with Gasteiger partial charge in [-0.15, -0.1) is 0 Å². The summed E-state index contributed by atoms with van der Waals surface area (Å²) < 4.78 is 40.6. The minimum atomic E-state index is -3.97. The summed E-state index contributed by atoms with van der Waals surface area (Å²) in [5, 5.41) is 3.54. The van der Waals surface area contributed by atoms with Gasteiger partial charge in [0.25, 0.3) is 0 Å². The third-order valence-corrected chi connectivity index (χ3v) is 6.86. The molecular weight excluding hydrogens is 462 g/mol. The number of halogens is 3. The molecule has 0 unspecified atom stereocenters. The number of carbonyl (C=O) groups excluding carboxylic acids is 1. The minimum Gasteiger partial charge on any atom is -0.351 e. The van der Waals surface area contributed by atoms with Gasteiger partial charge < -0.3 is 5.32 Å². The van der Waals surface area contributed by atoms with Gasteiger partial charge in [0.2, 0.25) is 15.9 Å². The number of hydrogen-bond donors (Lipinski definition) is 1. The average molecular weight is 481 g/mol. The first-order valence-electron chi connectivity index (χ1n) is 9.26. The maximum absolute atomic E-state index is 13.2. The van der Waals surface area contributed by atoms with E-state index in [0.717, 1.165) is 4.31 Å². The Bertz CT molecular complexity index is 1160. The van der Waals surface area contributed by atoms with Crippen molar-refractivity contribution in [1.29, 1.82) is 0 Å². The fraction of sp³-hybridized carbons (Fsp3) is 0.136. The van der Waals surface area contributed by atoms with Crippen LogP contribution in [-0.2, 0) is 27.9 Å². The van der Waals surface area contributed by atoms with Crippen LogP contribution in [0.2, 0.25) is 10.0 Å². The molecule has 1 N–H and O–H groups in total. The summed E-state index contributed by atoms with van der Waals surface area (Å²) in [6, 6.07) is 18.2. The van der Waals surface area contributed by atoms with Gasteiger partial charge >= 0.3 is 0 Å². The molecule has 3 aromatic rings. The smallest absolute Gasteiger partial charge is 0.243 e. The molecule has 0 saturated carbocycles. The number of nitrogens with one attached hydrogen (secondary N) is 1. The van der Waals surface area contributed by atoms with Crippen LogP contribution in [0.3, 0.4) is 0 Å². The van der Waals surface area contributed by atoms with E-state index < -0.39 is 28.3 Å². The number of carbonyl (C=O) groups is 1. The lowest BCUT2D eigenvalue weighted by atomic mass is 10.2. The molecule has 0 bridgehead atoms. The Balaban J connectivity index is 1.78. The Morgan fingerprint density at radius 3 is 2.29 bits per heavy atom. The van der Waals surface area contributed by atoms with E-state index in [1.165, 1.54) is 36.4 Å². The first-order chi connectivity index (χ1) is 14.8. The molecule has 1 amide bonds. The van der Waals surface area contributed by atoms with E-state index in [1.807, 2.05) is 0 Å². The predicted molar refractivity (Wildman–Crippen MR) is 119 cm³/mol. The predicted octanol–water partition coefficient (Wildman–Crippen LogP) is 4.64. The molecule has 3 aromatic carbocycles. The van der Waals surface area contributed by atoms with Crippen LogP contribution in [-0.4, -0.2) is 25.2 Å². The first kappa shape index (κ1) is 23.2. The lowest BCUT2D eigenvalue weighted by Gasteiger charge is -2.22.